The summed E-state index contributed by atoms with van der Waals surface area (Å²) in [4.78, 5) is 32.6. The van der Waals surface area contributed by atoms with Crippen LogP contribution in [0.2, 0.25) is 0 Å². The standard InChI is InChI=1S/C31H35FN4O2/c1-21-5-3-6-23-7-4-8-24(28(21)23)18-34-15-13-31(14-16-34)30(38)35(19-26-17-22(2)29(37)33-26)20-36(31)27-11-9-25(32)10-12-27/h3-12,22,26H,13-20H2,1-2H3,(H,33,37)/t22-,26?/m0/s1. The van der Waals surface area contributed by atoms with Gasteiger partial charge in [-0.3, -0.25) is 14.5 Å². The van der Waals surface area contributed by atoms with Crippen LogP contribution in [0.5, 0.6) is 0 Å². The van der Waals surface area contributed by atoms with Crippen LogP contribution in [0.3, 0.4) is 0 Å². The van der Waals surface area contributed by atoms with Crippen molar-refractivity contribution >= 4 is 28.3 Å². The van der Waals surface area contributed by atoms with Crippen molar-refractivity contribution in [2.24, 2.45) is 5.92 Å². The van der Waals surface area contributed by atoms with E-state index in [9.17, 15) is 14.0 Å². The summed E-state index contributed by atoms with van der Waals surface area (Å²) in [6.07, 6.45) is 2.15. The Morgan fingerprint density at radius 3 is 2.39 bits per heavy atom. The number of amides is 2. The fourth-order valence-corrected chi connectivity index (χ4v) is 6.75. The van der Waals surface area contributed by atoms with Crippen LogP contribution in [-0.4, -0.2) is 59.5 Å². The molecule has 6 rings (SSSR count). The lowest BCUT2D eigenvalue weighted by Crippen LogP contribution is -2.56. The minimum absolute atomic E-state index is 0.0265. The molecule has 1 unspecified atom stereocenters. The first-order valence-electron chi connectivity index (χ1n) is 13.7. The summed E-state index contributed by atoms with van der Waals surface area (Å²) in [6, 6.07) is 19.4. The molecule has 0 aromatic heterocycles. The van der Waals surface area contributed by atoms with Crippen LogP contribution >= 0.6 is 0 Å². The van der Waals surface area contributed by atoms with E-state index < -0.39 is 5.54 Å². The third kappa shape index (κ3) is 4.33. The van der Waals surface area contributed by atoms with Crippen LogP contribution in [0.25, 0.3) is 10.8 Å². The van der Waals surface area contributed by atoms with E-state index in [1.54, 1.807) is 12.1 Å². The molecule has 0 saturated carbocycles. The van der Waals surface area contributed by atoms with E-state index in [0.29, 0.717) is 26.1 Å². The Morgan fingerprint density at radius 2 is 1.71 bits per heavy atom. The zero-order chi connectivity index (χ0) is 26.4. The molecule has 6 nitrogen and oxygen atoms in total. The number of benzene rings is 3. The molecule has 3 heterocycles. The largest absolute Gasteiger partial charge is 0.351 e. The van der Waals surface area contributed by atoms with Gasteiger partial charge < -0.3 is 15.1 Å². The van der Waals surface area contributed by atoms with E-state index >= 15 is 0 Å². The van der Waals surface area contributed by atoms with Gasteiger partial charge in [0.05, 0.1) is 6.67 Å². The highest BCUT2D eigenvalue weighted by molar-refractivity contribution is 5.94. The Hall–Kier alpha value is -3.45. The number of nitrogens with one attached hydrogen (secondary N) is 1. The lowest BCUT2D eigenvalue weighted by molar-refractivity contribution is -0.134. The van der Waals surface area contributed by atoms with Gasteiger partial charge in [0.25, 0.3) is 0 Å². The highest BCUT2D eigenvalue weighted by atomic mass is 19.1. The highest BCUT2D eigenvalue weighted by Crippen LogP contribution is 2.40. The van der Waals surface area contributed by atoms with E-state index in [-0.39, 0.29) is 29.6 Å². The van der Waals surface area contributed by atoms with E-state index in [4.69, 9.17) is 0 Å². The fourth-order valence-electron chi connectivity index (χ4n) is 6.75. The highest BCUT2D eigenvalue weighted by Gasteiger charge is 2.54. The van der Waals surface area contributed by atoms with Crippen molar-refractivity contribution < 1.29 is 14.0 Å². The SMILES string of the molecule is Cc1cccc2cccc(CN3CCC4(CC3)C(=O)N(CC3C[C@H](C)C(=O)N3)CN4c3ccc(F)cc3)c12. The van der Waals surface area contributed by atoms with Gasteiger partial charge in [0.1, 0.15) is 11.4 Å². The number of carbonyl (C=O) groups is 2. The molecule has 3 fully saturated rings. The molecule has 3 aromatic rings. The van der Waals surface area contributed by atoms with Crippen molar-refractivity contribution in [2.75, 3.05) is 31.2 Å². The summed E-state index contributed by atoms with van der Waals surface area (Å²) in [7, 11) is 0. The second-order valence-corrected chi connectivity index (χ2v) is 11.3. The van der Waals surface area contributed by atoms with Crippen LogP contribution in [0, 0.1) is 18.7 Å². The van der Waals surface area contributed by atoms with Gasteiger partial charge in [-0.1, -0.05) is 43.3 Å². The number of hydrogen-bond acceptors (Lipinski definition) is 4. The van der Waals surface area contributed by atoms with E-state index in [1.807, 2.05) is 11.8 Å². The molecule has 1 spiro atoms. The first-order valence-corrected chi connectivity index (χ1v) is 13.7. The van der Waals surface area contributed by atoms with Crippen LogP contribution in [0.1, 0.15) is 37.3 Å². The number of hydrogen-bond donors (Lipinski definition) is 1. The third-order valence-corrected chi connectivity index (χ3v) is 8.80. The predicted octanol–water partition coefficient (Wildman–Crippen LogP) is 4.45. The summed E-state index contributed by atoms with van der Waals surface area (Å²) >= 11 is 0. The lowest BCUT2D eigenvalue weighted by atomic mass is 9.85. The zero-order valence-corrected chi connectivity index (χ0v) is 22.1. The van der Waals surface area contributed by atoms with Gasteiger partial charge in [-0.05, 0) is 72.4 Å². The van der Waals surface area contributed by atoms with Gasteiger partial charge in [0.2, 0.25) is 11.8 Å². The Morgan fingerprint density at radius 1 is 1.00 bits per heavy atom. The van der Waals surface area contributed by atoms with Crippen molar-refractivity contribution in [3.05, 3.63) is 77.6 Å². The summed E-state index contributed by atoms with van der Waals surface area (Å²) in [6.45, 7) is 7.50. The molecule has 2 atom stereocenters. The number of anilines is 1. The van der Waals surface area contributed by atoms with Gasteiger partial charge in [-0.2, -0.15) is 0 Å². The van der Waals surface area contributed by atoms with Crippen LogP contribution < -0.4 is 10.2 Å². The molecule has 3 aliphatic heterocycles. The van der Waals surface area contributed by atoms with Gasteiger partial charge in [0.15, 0.2) is 0 Å². The number of carbonyl (C=O) groups excluding carboxylic acids is 2. The molecular weight excluding hydrogens is 479 g/mol. The molecule has 38 heavy (non-hydrogen) atoms. The van der Waals surface area contributed by atoms with Crippen molar-refractivity contribution in [2.45, 2.75) is 51.2 Å². The van der Waals surface area contributed by atoms with Crippen LogP contribution in [-0.2, 0) is 16.1 Å². The predicted molar refractivity (Wildman–Crippen MR) is 147 cm³/mol. The smallest absolute Gasteiger partial charge is 0.250 e. The van der Waals surface area contributed by atoms with Gasteiger partial charge >= 0.3 is 0 Å². The number of nitrogens with zero attached hydrogens (tertiary/aromatic N) is 3. The molecular formula is C31H35FN4O2. The normalized spacial score (nSPS) is 23.6. The maximum Gasteiger partial charge on any atom is 0.250 e. The molecule has 2 amide bonds. The molecule has 0 radical (unpaired) electrons. The molecule has 3 aliphatic rings. The van der Waals surface area contributed by atoms with Crippen LogP contribution in [0.15, 0.2) is 60.7 Å². The number of rotatable bonds is 5. The van der Waals surface area contributed by atoms with Gasteiger partial charge in [0, 0.05) is 43.8 Å². The number of piperidine rings is 1. The number of aryl methyl sites for hydroxylation is 1. The van der Waals surface area contributed by atoms with E-state index in [0.717, 1.165) is 31.7 Å². The third-order valence-electron chi connectivity index (χ3n) is 8.80. The summed E-state index contributed by atoms with van der Waals surface area (Å²) in [5.74, 6) is -0.131. The second kappa shape index (κ2) is 9.70. The first kappa shape index (κ1) is 24.9. The summed E-state index contributed by atoms with van der Waals surface area (Å²) in [5.41, 5.74) is 2.81. The molecule has 3 saturated heterocycles. The number of likely N-dealkylation sites (tertiary alicyclic amines) is 1. The number of halogens is 1. The maximum absolute atomic E-state index is 14.0. The number of fused-ring (bicyclic) bond motifs is 1. The zero-order valence-electron chi connectivity index (χ0n) is 22.1. The quantitative estimate of drug-likeness (QED) is 0.547. The minimum Gasteiger partial charge on any atom is -0.351 e. The molecule has 3 aromatic carbocycles. The summed E-state index contributed by atoms with van der Waals surface area (Å²) in [5, 5.41) is 5.63. The molecule has 198 valence electrons. The molecule has 7 heteroatoms. The first-order chi connectivity index (χ1) is 18.3. The minimum atomic E-state index is -0.656. The molecule has 1 N–H and O–H groups in total. The van der Waals surface area contributed by atoms with Crippen molar-refractivity contribution in [3.8, 4) is 0 Å². The van der Waals surface area contributed by atoms with Crippen LogP contribution in [0.4, 0.5) is 10.1 Å². The van der Waals surface area contributed by atoms with E-state index in [1.165, 1.54) is 34.0 Å². The fraction of sp³-hybridized carbons (Fsp3) is 0.419. The van der Waals surface area contributed by atoms with Gasteiger partial charge in [-0.15, -0.1) is 0 Å². The Labute approximate surface area is 223 Å². The topological polar surface area (TPSA) is 55.9 Å². The lowest BCUT2D eigenvalue weighted by Gasteiger charge is -2.43. The Kier molecular flexibility index (Phi) is 6.34. The van der Waals surface area contributed by atoms with E-state index in [2.05, 4.69) is 58.4 Å². The van der Waals surface area contributed by atoms with Crippen molar-refractivity contribution in [1.29, 1.82) is 0 Å². The van der Waals surface area contributed by atoms with Gasteiger partial charge in [-0.25, -0.2) is 4.39 Å². The Balaban J connectivity index is 1.23. The monoisotopic (exact) mass is 514 g/mol. The molecule has 0 bridgehead atoms. The van der Waals surface area contributed by atoms with Crippen molar-refractivity contribution in [1.82, 2.24) is 15.1 Å². The average Bonchev–Trinajstić information content (AvgIpc) is 3.36. The molecule has 0 aliphatic carbocycles. The Bertz CT molecular complexity index is 1360. The maximum atomic E-state index is 14.0. The average molecular weight is 515 g/mol. The second-order valence-electron chi connectivity index (χ2n) is 11.3. The van der Waals surface area contributed by atoms with Crippen molar-refractivity contribution in [3.63, 3.8) is 0 Å². The summed E-state index contributed by atoms with van der Waals surface area (Å²) < 4.78 is 13.8.